The highest BCUT2D eigenvalue weighted by Crippen LogP contribution is 2.28. The van der Waals surface area contributed by atoms with Gasteiger partial charge in [-0.3, -0.25) is 0 Å². The number of carbonyl (C=O) groups is 1. The van der Waals surface area contributed by atoms with Gasteiger partial charge >= 0.3 is 6.03 Å². The Labute approximate surface area is 120 Å². The molecule has 2 rings (SSSR count). The van der Waals surface area contributed by atoms with Gasteiger partial charge in [0.2, 0.25) is 0 Å². The molecule has 0 bridgehead atoms. The van der Waals surface area contributed by atoms with E-state index in [0.29, 0.717) is 18.1 Å². The van der Waals surface area contributed by atoms with Gasteiger partial charge in [0, 0.05) is 13.1 Å². The van der Waals surface area contributed by atoms with Crippen LogP contribution in [0, 0.1) is 0 Å². The second-order valence-corrected chi connectivity index (χ2v) is 5.20. The van der Waals surface area contributed by atoms with Gasteiger partial charge in [-0.1, -0.05) is 17.7 Å². The fourth-order valence-corrected chi connectivity index (χ4v) is 2.42. The molecule has 1 heterocycles. The maximum absolute atomic E-state index is 10.7. The molecule has 3 N–H and O–H groups in total. The Balaban J connectivity index is 2.42. The molecule has 19 heavy (non-hydrogen) atoms. The number of urea groups is 1. The lowest BCUT2D eigenvalue weighted by atomic mass is 10.3. The van der Waals surface area contributed by atoms with Crippen LogP contribution in [-0.4, -0.2) is 22.1 Å². The van der Waals surface area contributed by atoms with Gasteiger partial charge in [0.25, 0.3) is 0 Å². The van der Waals surface area contributed by atoms with E-state index in [1.54, 1.807) is 6.07 Å². The average molecular weight is 301 g/mol. The molecule has 1 unspecified atom stereocenters. The Morgan fingerprint density at radius 3 is 2.95 bits per heavy atom. The van der Waals surface area contributed by atoms with Gasteiger partial charge in [-0.2, -0.15) is 0 Å². The summed E-state index contributed by atoms with van der Waals surface area (Å²) in [6.45, 7) is 2.74. The van der Waals surface area contributed by atoms with Crippen LogP contribution in [0.25, 0.3) is 11.0 Å². The summed E-state index contributed by atoms with van der Waals surface area (Å²) in [7, 11) is 0. The number of hydrogen-bond acceptors (Lipinski definition) is 2. The van der Waals surface area contributed by atoms with Gasteiger partial charge in [-0.25, -0.2) is 9.78 Å². The van der Waals surface area contributed by atoms with Gasteiger partial charge in [-0.05, 0) is 19.1 Å². The van der Waals surface area contributed by atoms with Crippen molar-refractivity contribution in [1.29, 1.82) is 0 Å². The van der Waals surface area contributed by atoms with E-state index in [1.165, 1.54) is 0 Å². The largest absolute Gasteiger partial charge is 0.352 e. The number of rotatable bonds is 4. The van der Waals surface area contributed by atoms with E-state index in [0.717, 1.165) is 16.9 Å². The summed E-state index contributed by atoms with van der Waals surface area (Å²) in [6.07, 6.45) is 0. The fourth-order valence-electron chi connectivity index (χ4n) is 1.98. The lowest BCUT2D eigenvalue weighted by Gasteiger charge is -2.11. The Hall–Kier alpha value is -1.46. The number of halogens is 2. The van der Waals surface area contributed by atoms with Crippen molar-refractivity contribution in [1.82, 2.24) is 14.9 Å². The zero-order chi connectivity index (χ0) is 14.0. The van der Waals surface area contributed by atoms with Crippen molar-refractivity contribution >= 4 is 40.3 Å². The molecule has 0 saturated carbocycles. The molecule has 2 amide bonds. The van der Waals surface area contributed by atoms with Crippen LogP contribution in [0.4, 0.5) is 4.79 Å². The first-order chi connectivity index (χ1) is 9.00. The smallest absolute Gasteiger partial charge is 0.312 e. The number of nitrogens with two attached hydrogens (primary N) is 1. The minimum absolute atomic E-state index is 0.253. The fraction of sp³-hybridized carbons (Fsp3) is 0.333. The van der Waals surface area contributed by atoms with E-state index in [-0.39, 0.29) is 5.38 Å². The normalized spacial score (nSPS) is 12.6. The summed E-state index contributed by atoms with van der Waals surface area (Å²) in [5.74, 6) is 0.719. The van der Waals surface area contributed by atoms with Crippen LogP contribution < -0.4 is 11.1 Å². The molecule has 5 nitrogen and oxygen atoms in total. The van der Waals surface area contributed by atoms with Crippen LogP contribution in [0.1, 0.15) is 18.1 Å². The third-order valence-corrected chi connectivity index (χ3v) is 3.24. The third-order valence-electron chi connectivity index (χ3n) is 2.74. The molecule has 102 valence electrons. The first-order valence-electron chi connectivity index (χ1n) is 5.82. The number of aromatic nitrogens is 2. The van der Waals surface area contributed by atoms with Crippen LogP contribution in [0.15, 0.2) is 18.2 Å². The SMILES string of the molecule is CC(Cl)c1nc2cccc(Cl)c2n1CCNC(N)=O. The third kappa shape index (κ3) is 2.93. The Morgan fingerprint density at radius 1 is 1.58 bits per heavy atom. The number of amides is 2. The highest BCUT2D eigenvalue weighted by Gasteiger charge is 2.16. The average Bonchev–Trinajstić information content (AvgIpc) is 2.69. The summed E-state index contributed by atoms with van der Waals surface area (Å²) < 4.78 is 1.91. The van der Waals surface area contributed by atoms with Gasteiger partial charge in [0.15, 0.2) is 0 Å². The number of nitrogens with one attached hydrogen (secondary N) is 1. The summed E-state index contributed by atoms with van der Waals surface area (Å²) in [5, 5.41) is 2.89. The molecule has 0 radical (unpaired) electrons. The maximum atomic E-state index is 10.7. The molecular weight excluding hydrogens is 287 g/mol. The van der Waals surface area contributed by atoms with Crippen LogP contribution in [0.5, 0.6) is 0 Å². The van der Waals surface area contributed by atoms with E-state index in [9.17, 15) is 4.79 Å². The predicted octanol–water partition coefficient (Wildman–Crippen LogP) is 2.66. The van der Waals surface area contributed by atoms with Crippen molar-refractivity contribution in [3.63, 3.8) is 0 Å². The van der Waals surface area contributed by atoms with Crippen LogP contribution in [0.2, 0.25) is 5.02 Å². The minimum atomic E-state index is -0.559. The molecule has 1 atom stereocenters. The number of imidazole rings is 1. The van der Waals surface area contributed by atoms with Gasteiger partial charge in [0.1, 0.15) is 5.82 Å². The number of benzene rings is 1. The van der Waals surface area contributed by atoms with Gasteiger partial charge < -0.3 is 15.6 Å². The standard InChI is InChI=1S/C12H14Cl2N4O/c1-7(13)11-17-9-4-2-3-8(14)10(9)18(11)6-5-16-12(15)19/h2-4,7H,5-6H2,1H3,(H3,15,16,19). The molecule has 2 aromatic rings. The second-order valence-electron chi connectivity index (χ2n) is 4.14. The van der Waals surface area contributed by atoms with Gasteiger partial charge in [-0.15, -0.1) is 11.6 Å². The number of hydrogen-bond donors (Lipinski definition) is 2. The molecule has 0 fully saturated rings. The van der Waals surface area contributed by atoms with Crippen molar-refractivity contribution in [2.24, 2.45) is 5.73 Å². The van der Waals surface area contributed by atoms with E-state index in [4.69, 9.17) is 28.9 Å². The second kappa shape index (κ2) is 5.67. The molecule has 1 aromatic carbocycles. The summed E-state index contributed by atoms with van der Waals surface area (Å²) in [6, 6.07) is 4.96. The molecular formula is C12H14Cl2N4O. The molecule has 0 aliphatic heterocycles. The molecule has 7 heteroatoms. The van der Waals surface area contributed by atoms with Crippen molar-refractivity contribution in [2.75, 3.05) is 6.54 Å². The van der Waals surface area contributed by atoms with E-state index in [1.807, 2.05) is 23.6 Å². The number of para-hydroxylation sites is 1. The lowest BCUT2D eigenvalue weighted by Crippen LogP contribution is -2.32. The first-order valence-corrected chi connectivity index (χ1v) is 6.64. The van der Waals surface area contributed by atoms with Gasteiger partial charge in [0.05, 0.1) is 21.4 Å². The van der Waals surface area contributed by atoms with Crippen molar-refractivity contribution in [3.05, 3.63) is 29.0 Å². The topological polar surface area (TPSA) is 72.9 Å². The number of fused-ring (bicyclic) bond motifs is 1. The quantitative estimate of drug-likeness (QED) is 0.852. The molecule has 0 spiro atoms. The molecule has 0 saturated heterocycles. The lowest BCUT2D eigenvalue weighted by molar-refractivity contribution is 0.248. The first kappa shape index (κ1) is 14.0. The molecule has 1 aromatic heterocycles. The van der Waals surface area contributed by atoms with Crippen molar-refractivity contribution < 1.29 is 4.79 Å². The maximum Gasteiger partial charge on any atom is 0.312 e. The van der Waals surface area contributed by atoms with Crippen molar-refractivity contribution in [3.8, 4) is 0 Å². The number of carbonyl (C=O) groups excluding carboxylic acids is 1. The van der Waals surface area contributed by atoms with E-state index < -0.39 is 6.03 Å². The molecule has 0 aliphatic rings. The summed E-state index contributed by atoms with van der Waals surface area (Å²) >= 11 is 12.3. The summed E-state index contributed by atoms with van der Waals surface area (Å²) in [5.41, 5.74) is 6.65. The van der Waals surface area contributed by atoms with Crippen LogP contribution >= 0.6 is 23.2 Å². The van der Waals surface area contributed by atoms with Crippen LogP contribution in [0.3, 0.4) is 0 Å². The van der Waals surface area contributed by atoms with Crippen molar-refractivity contribution in [2.45, 2.75) is 18.8 Å². The Bertz CT molecular complexity index is 609. The summed E-state index contributed by atoms with van der Waals surface area (Å²) in [4.78, 5) is 15.2. The zero-order valence-corrected chi connectivity index (χ0v) is 11.9. The monoisotopic (exact) mass is 300 g/mol. The zero-order valence-electron chi connectivity index (χ0n) is 10.4. The highest BCUT2D eigenvalue weighted by molar-refractivity contribution is 6.35. The highest BCUT2D eigenvalue weighted by atomic mass is 35.5. The Morgan fingerprint density at radius 2 is 2.32 bits per heavy atom. The van der Waals surface area contributed by atoms with Crippen LogP contribution in [-0.2, 0) is 6.54 Å². The van der Waals surface area contributed by atoms with E-state index in [2.05, 4.69) is 10.3 Å². The predicted molar refractivity (Wildman–Crippen MR) is 76.6 cm³/mol. The molecule has 0 aliphatic carbocycles. The van der Waals surface area contributed by atoms with E-state index >= 15 is 0 Å². The number of primary amides is 1. The number of alkyl halides is 1. The Kier molecular flexibility index (Phi) is 4.17. The number of nitrogens with zero attached hydrogens (tertiary/aromatic N) is 2. The minimum Gasteiger partial charge on any atom is -0.352 e.